The van der Waals surface area contributed by atoms with E-state index in [2.05, 4.69) is 64.0 Å². The number of rotatable bonds is 5. The van der Waals surface area contributed by atoms with Gasteiger partial charge in [-0.15, -0.1) is 0 Å². The summed E-state index contributed by atoms with van der Waals surface area (Å²) >= 11 is 2.34. The van der Waals surface area contributed by atoms with Crippen LogP contribution in [0.15, 0.2) is 24.3 Å². The average molecular weight is 458 g/mol. The molecule has 0 saturated heterocycles. The van der Waals surface area contributed by atoms with Crippen molar-refractivity contribution in [2.75, 3.05) is 18.0 Å². The molecule has 25 heavy (non-hydrogen) atoms. The molecule has 0 radical (unpaired) electrons. The highest BCUT2D eigenvalue weighted by Crippen LogP contribution is 2.27. The van der Waals surface area contributed by atoms with Gasteiger partial charge in [-0.25, -0.2) is 4.79 Å². The number of nitrogens with zero attached hydrogens (tertiary/aromatic N) is 1. The number of nitrogens with one attached hydrogen (secondary N) is 1. The molecule has 1 saturated carbocycles. The van der Waals surface area contributed by atoms with E-state index in [0.29, 0.717) is 5.92 Å². The SMILES string of the molecule is CCN(CC1CCC(NC(=O)OC(C)(C)C)CC1)c1ccc(I)cc1. The number of anilines is 1. The molecule has 0 aromatic heterocycles. The van der Waals surface area contributed by atoms with Gasteiger partial charge >= 0.3 is 6.09 Å². The standard InChI is InChI=1S/C20H31IN2O2/c1-5-23(18-12-8-16(21)9-13-18)14-15-6-10-17(11-7-15)22-19(24)25-20(2,3)4/h8-9,12-13,15,17H,5-7,10-11,14H2,1-4H3,(H,22,24). The van der Waals surface area contributed by atoms with E-state index in [4.69, 9.17) is 4.74 Å². The minimum Gasteiger partial charge on any atom is -0.444 e. The molecule has 0 bridgehead atoms. The second kappa shape index (κ2) is 9.10. The van der Waals surface area contributed by atoms with Gasteiger partial charge < -0.3 is 15.0 Å². The van der Waals surface area contributed by atoms with Crippen LogP contribution in [-0.2, 0) is 4.74 Å². The van der Waals surface area contributed by atoms with Gasteiger partial charge in [-0.05, 0) is 106 Å². The fourth-order valence-electron chi connectivity index (χ4n) is 3.34. The predicted octanol–water partition coefficient (Wildman–Crippen LogP) is 5.20. The van der Waals surface area contributed by atoms with Crippen molar-refractivity contribution in [2.45, 2.75) is 65.0 Å². The van der Waals surface area contributed by atoms with Gasteiger partial charge in [-0.3, -0.25) is 0 Å². The van der Waals surface area contributed by atoms with E-state index in [1.54, 1.807) is 0 Å². The fraction of sp³-hybridized carbons (Fsp3) is 0.650. The summed E-state index contributed by atoms with van der Waals surface area (Å²) in [5.74, 6) is 0.691. The fourth-order valence-corrected chi connectivity index (χ4v) is 3.70. The first-order valence-corrected chi connectivity index (χ1v) is 10.3. The minimum atomic E-state index is -0.434. The van der Waals surface area contributed by atoms with Crippen LogP contribution in [0.1, 0.15) is 53.4 Å². The van der Waals surface area contributed by atoms with Crippen molar-refractivity contribution in [3.8, 4) is 0 Å². The Morgan fingerprint density at radius 3 is 2.32 bits per heavy atom. The summed E-state index contributed by atoms with van der Waals surface area (Å²) in [6.45, 7) is 10.0. The van der Waals surface area contributed by atoms with Crippen molar-refractivity contribution in [1.82, 2.24) is 5.32 Å². The number of amides is 1. The molecule has 0 unspecified atom stereocenters. The summed E-state index contributed by atoms with van der Waals surface area (Å²) in [7, 11) is 0. The van der Waals surface area contributed by atoms with Gasteiger partial charge in [0.05, 0.1) is 0 Å². The molecule has 5 heteroatoms. The lowest BCUT2D eigenvalue weighted by molar-refractivity contribution is 0.0487. The zero-order chi connectivity index (χ0) is 18.4. The van der Waals surface area contributed by atoms with Gasteiger partial charge in [0.2, 0.25) is 0 Å². The Hall–Kier alpha value is -0.980. The maximum Gasteiger partial charge on any atom is 0.407 e. The Morgan fingerprint density at radius 1 is 1.20 bits per heavy atom. The molecule has 0 atom stereocenters. The quantitative estimate of drug-likeness (QED) is 0.617. The van der Waals surface area contributed by atoms with Gasteiger partial charge in [-0.1, -0.05) is 0 Å². The smallest absolute Gasteiger partial charge is 0.407 e. The average Bonchev–Trinajstić information content (AvgIpc) is 2.53. The zero-order valence-electron chi connectivity index (χ0n) is 15.8. The largest absolute Gasteiger partial charge is 0.444 e. The van der Waals surface area contributed by atoms with E-state index in [1.165, 1.54) is 9.26 Å². The third kappa shape index (κ3) is 7.04. The predicted molar refractivity (Wildman–Crippen MR) is 112 cm³/mol. The van der Waals surface area contributed by atoms with Crippen LogP contribution in [0.3, 0.4) is 0 Å². The molecule has 1 amide bonds. The first kappa shape index (κ1) is 20.3. The van der Waals surface area contributed by atoms with Crippen LogP contribution in [0, 0.1) is 9.49 Å². The van der Waals surface area contributed by atoms with Crippen molar-refractivity contribution in [2.24, 2.45) is 5.92 Å². The van der Waals surface area contributed by atoms with Gasteiger partial charge in [0, 0.05) is 28.4 Å². The second-order valence-electron chi connectivity index (χ2n) is 7.88. The van der Waals surface area contributed by atoms with Crippen molar-refractivity contribution in [1.29, 1.82) is 0 Å². The summed E-state index contributed by atoms with van der Waals surface area (Å²) in [6, 6.07) is 9.00. The first-order valence-electron chi connectivity index (χ1n) is 9.27. The van der Waals surface area contributed by atoms with E-state index < -0.39 is 5.60 Å². The molecule has 1 fully saturated rings. The number of halogens is 1. The summed E-state index contributed by atoms with van der Waals surface area (Å²) in [5.41, 5.74) is 0.869. The zero-order valence-corrected chi connectivity index (χ0v) is 18.0. The van der Waals surface area contributed by atoms with Gasteiger partial charge in [-0.2, -0.15) is 0 Å². The van der Waals surface area contributed by atoms with Crippen molar-refractivity contribution < 1.29 is 9.53 Å². The van der Waals surface area contributed by atoms with E-state index in [1.807, 2.05) is 20.8 Å². The molecule has 0 aliphatic heterocycles. The third-order valence-electron chi connectivity index (χ3n) is 4.62. The Bertz CT molecular complexity index is 546. The number of alkyl carbamates (subject to hydrolysis) is 1. The Labute approximate surface area is 165 Å². The summed E-state index contributed by atoms with van der Waals surface area (Å²) in [6.07, 6.45) is 4.09. The lowest BCUT2D eigenvalue weighted by Gasteiger charge is -2.34. The molecule has 0 spiro atoms. The van der Waals surface area contributed by atoms with Crippen LogP contribution in [-0.4, -0.2) is 30.8 Å². The van der Waals surface area contributed by atoms with Crippen molar-refractivity contribution in [3.05, 3.63) is 27.8 Å². The number of benzene rings is 1. The lowest BCUT2D eigenvalue weighted by Crippen LogP contribution is -2.42. The highest BCUT2D eigenvalue weighted by Gasteiger charge is 2.25. The van der Waals surface area contributed by atoms with E-state index in [-0.39, 0.29) is 12.1 Å². The molecule has 1 N–H and O–H groups in total. The monoisotopic (exact) mass is 458 g/mol. The van der Waals surface area contributed by atoms with Gasteiger partial charge in [0.25, 0.3) is 0 Å². The Morgan fingerprint density at radius 2 is 1.80 bits per heavy atom. The van der Waals surface area contributed by atoms with Crippen LogP contribution in [0.5, 0.6) is 0 Å². The third-order valence-corrected chi connectivity index (χ3v) is 5.34. The molecular weight excluding hydrogens is 427 g/mol. The number of hydrogen-bond acceptors (Lipinski definition) is 3. The molecule has 0 heterocycles. The normalized spacial score (nSPS) is 20.8. The van der Waals surface area contributed by atoms with E-state index in [0.717, 1.165) is 38.8 Å². The number of carbonyl (C=O) groups is 1. The van der Waals surface area contributed by atoms with Crippen LogP contribution >= 0.6 is 22.6 Å². The lowest BCUT2D eigenvalue weighted by atomic mass is 9.85. The van der Waals surface area contributed by atoms with Gasteiger partial charge in [0.15, 0.2) is 0 Å². The maximum atomic E-state index is 11.9. The molecule has 1 aliphatic rings. The molecule has 2 rings (SSSR count). The highest BCUT2D eigenvalue weighted by atomic mass is 127. The van der Waals surface area contributed by atoms with Crippen LogP contribution in [0.4, 0.5) is 10.5 Å². The number of carbonyl (C=O) groups excluding carboxylic acids is 1. The first-order chi connectivity index (χ1) is 11.8. The molecule has 140 valence electrons. The van der Waals surface area contributed by atoms with Crippen molar-refractivity contribution in [3.63, 3.8) is 0 Å². The topological polar surface area (TPSA) is 41.6 Å². The molecule has 1 aromatic rings. The second-order valence-corrected chi connectivity index (χ2v) is 9.12. The molecule has 4 nitrogen and oxygen atoms in total. The van der Waals surface area contributed by atoms with Gasteiger partial charge in [0.1, 0.15) is 5.60 Å². The molecular formula is C20H31IN2O2. The summed E-state index contributed by atoms with van der Waals surface area (Å²) in [5, 5.41) is 3.03. The van der Waals surface area contributed by atoms with Crippen LogP contribution in [0.2, 0.25) is 0 Å². The number of hydrogen-bond donors (Lipinski definition) is 1. The molecule has 1 aromatic carbocycles. The number of ether oxygens (including phenoxy) is 1. The van der Waals surface area contributed by atoms with E-state index >= 15 is 0 Å². The van der Waals surface area contributed by atoms with Crippen LogP contribution in [0.25, 0.3) is 0 Å². The van der Waals surface area contributed by atoms with E-state index in [9.17, 15) is 4.79 Å². The minimum absolute atomic E-state index is 0.250. The summed E-state index contributed by atoms with van der Waals surface area (Å²) in [4.78, 5) is 14.4. The highest BCUT2D eigenvalue weighted by molar-refractivity contribution is 14.1. The van der Waals surface area contributed by atoms with Crippen molar-refractivity contribution >= 4 is 34.4 Å². The Balaban J connectivity index is 1.79. The van der Waals surface area contributed by atoms with Crippen LogP contribution < -0.4 is 10.2 Å². The molecule has 1 aliphatic carbocycles. The Kier molecular flexibility index (Phi) is 7.40. The maximum absolute atomic E-state index is 11.9. The summed E-state index contributed by atoms with van der Waals surface area (Å²) < 4.78 is 6.63.